The van der Waals surface area contributed by atoms with E-state index in [0.29, 0.717) is 12.2 Å². The largest absolute Gasteiger partial charge is 0.467 e. The molecule has 0 aliphatic heterocycles. The summed E-state index contributed by atoms with van der Waals surface area (Å²) in [6, 6.07) is 8.52. The molecule has 1 fully saturated rings. The Morgan fingerprint density at radius 2 is 1.96 bits per heavy atom. The van der Waals surface area contributed by atoms with Gasteiger partial charge in [-0.15, -0.1) is 0 Å². The van der Waals surface area contributed by atoms with Crippen LogP contribution in [0.2, 0.25) is 0 Å². The summed E-state index contributed by atoms with van der Waals surface area (Å²) < 4.78 is 6.13. The molecule has 1 aliphatic rings. The molecule has 0 spiro atoms. The second-order valence-electron chi connectivity index (χ2n) is 5.34. The first-order chi connectivity index (χ1) is 11.1. The van der Waals surface area contributed by atoms with Crippen molar-refractivity contribution >= 4 is 21.9 Å². The van der Waals surface area contributed by atoms with Gasteiger partial charge in [0, 0.05) is 23.1 Å². The molecule has 1 aliphatic carbocycles. The molecule has 0 atom stereocenters. The normalized spacial score (nSPS) is 12.9. The van der Waals surface area contributed by atoms with Crippen LogP contribution < -0.4 is 15.8 Å². The summed E-state index contributed by atoms with van der Waals surface area (Å²) in [4.78, 5) is 12.4. The quantitative estimate of drug-likeness (QED) is 0.806. The fourth-order valence-corrected chi connectivity index (χ4v) is 2.50. The van der Waals surface area contributed by atoms with Gasteiger partial charge in [-0.3, -0.25) is 0 Å². The fraction of sp³-hybridized carbons (Fsp3) is 0.312. The van der Waals surface area contributed by atoms with Crippen LogP contribution in [-0.2, 0) is 13.0 Å². The lowest BCUT2D eigenvalue weighted by atomic mass is 10.2. The van der Waals surface area contributed by atoms with E-state index < -0.39 is 0 Å². The molecule has 0 radical (unpaired) electrons. The standard InChI is InChI=1S/C16H18BrN5O/c1-23-16-21-14(20-15(18)22-16)8-13(11-4-5-11)19-9-10-2-6-12(17)7-3-10/h2-3,6-7,19H,4-5,8-9H2,1H3,(H2,18,20,21,22). The lowest BCUT2D eigenvalue weighted by Gasteiger charge is -2.11. The van der Waals surface area contributed by atoms with E-state index in [1.54, 1.807) is 0 Å². The first-order valence-electron chi connectivity index (χ1n) is 7.37. The van der Waals surface area contributed by atoms with Gasteiger partial charge in [-0.2, -0.15) is 15.0 Å². The molecule has 1 aromatic heterocycles. The molecular weight excluding hydrogens is 358 g/mol. The van der Waals surface area contributed by atoms with E-state index in [9.17, 15) is 0 Å². The Kier molecular flexibility index (Phi) is 4.76. The Labute approximate surface area is 143 Å². The third-order valence-electron chi connectivity index (χ3n) is 3.54. The molecule has 2 aromatic rings. The molecule has 1 saturated carbocycles. The molecule has 1 heterocycles. The van der Waals surface area contributed by atoms with E-state index in [2.05, 4.69) is 48.3 Å². The number of rotatable bonds is 6. The molecule has 23 heavy (non-hydrogen) atoms. The average Bonchev–Trinajstić information content (AvgIpc) is 3.37. The molecule has 1 aromatic carbocycles. The summed E-state index contributed by atoms with van der Waals surface area (Å²) in [5.41, 5.74) is 9.50. The van der Waals surface area contributed by atoms with Gasteiger partial charge in [0.2, 0.25) is 5.95 Å². The van der Waals surface area contributed by atoms with Gasteiger partial charge in [-0.25, -0.2) is 0 Å². The molecule has 0 saturated heterocycles. The van der Waals surface area contributed by atoms with Crippen molar-refractivity contribution in [1.29, 1.82) is 0 Å². The van der Waals surface area contributed by atoms with E-state index in [-0.39, 0.29) is 12.0 Å². The van der Waals surface area contributed by atoms with Gasteiger partial charge in [-0.1, -0.05) is 33.6 Å². The molecule has 0 amide bonds. The second-order valence-corrected chi connectivity index (χ2v) is 6.25. The van der Waals surface area contributed by atoms with Crippen LogP contribution >= 0.6 is 15.9 Å². The van der Waals surface area contributed by atoms with E-state index in [0.717, 1.165) is 23.9 Å². The minimum Gasteiger partial charge on any atom is -0.467 e. The van der Waals surface area contributed by atoms with Crippen molar-refractivity contribution in [3.8, 4) is 6.01 Å². The number of aromatic nitrogens is 3. The van der Waals surface area contributed by atoms with Gasteiger partial charge in [0.05, 0.1) is 7.11 Å². The maximum absolute atomic E-state index is 5.70. The molecule has 7 heteroatoms. The van der Waals surface area contributed by atoms with Crippen molar-refractivity contribution in [2.45, 2.75) is 25.8 Å². The topological polar surface area (TPSA) is 86.0 Å². The third-order valence-corrected chi connectivity index (χ3v) is 4.07. The van der Waals surface area contributed by atoms with Crippen LogP contribution in [0.3, 0.4) is 0 Å². The molecule has 0 unspecified atom stereocenters. The highest BCUT2D eigenvalue weighted by molar-refractivity contribution is 9.10. The lowest BCUT2D eigenvalue weighted by molar-refractivity contribution is 0.377. The Balaban J connectivity index is 1.70. The van der Waals surface area contributed by atoms with Crippen molar-refractivity contribution in [3.05, 3.63) is 51.4 Å². The van der Waals surface area contributed by atoms with Crippen molar-refractivity contribution in [2.75, 3.05) is 12.8 Å². The zero-order valence-corrected chi connectivity index (χ0v) is 14.4. The number of benzene rings is 1. The number of nitrogens with one attached hydrogen (secondary N) is 1. The molecule has 3 rings (SSSR count). The number of anilines is 1. The monoisotopic (exact) mass is 375 g/mol. The van der Waals surface area contributed by atoms with Gasteiger partial charge < -0.3 is 15.8 Å². The summed E-state index contributed by atoms with van der Waals surface area (Å²) in [5, 5.41) is 3.51. The minimum absolute atomic E-state index is 0.180. The van der Waals surface area contributed by atoms with Crippen molar-refractivity contribution < 1.29 is 4.74 Å². The highest BCUT2D eigenvalue weighted by Gasteiger charge is 2.19. The molecule has 3 N–H and O–H groups in total. The zero-order chi connectivity index (χ0) is 16.2. The molecule has 6 nitrogen and oxygen atoms in total. The summed E-state index contributed by atoms with van der Waals surface area (Å²) >= 11 is 3.45. The smallest absolute Gasteiger partial charge is 0.321 e. The van der Waals surface area contributed by atoms with Gasteiger partial charge in [0.15, 0.2) is 0 Å². The highest BCUT2D eigenvalue weighted by Crippen LogP contribution is 2.32. The number of nitrogens with zero attached hydrogens (tertiary/aromatic N) is 3. The number of nitrogen functional groups attached to an aromatic ring is 1. The van der Waals surface area contributed by atoms with Crippen LogP contribution in [0.4, 0.5) is 5.95 Å². The number of allylic oxidation sites excluding steroid dienone is 2. The van der Waals surface area contributed by atoms with Crippen LogP contribution in [0.1, 0.15) is 24.2 Å². The predicted molar refractivity (Wildman–Crippen MR) is 91.7 cm³/mol. The number of ether oxygens (including phenoxy) is 1. The summed E-state index contributed by atoms with van der Waals surface area (Å²) in [6.07, 6.45) is 2.86. The maximum Gasteiger partial charge on any atom is 0.321 e. The first kappa shape index (κ1) is 15.7. The Morgan fingerprint density at radius 3 is 2.61 bits per heavy atom. The maximum atomic E-state index is 5.70. The first-order valence-corrected chi connectivity index (χ1v) is 8.17. The zero-order valence-electron chi connectivity index (χ0n) is 12.8. The summed E-state index contributed by atoms with van der Waals surface area (Å²) in [7, 11) is 1.52. The van der Waals surface area contributed by atoms with Gasteiger partial charge in [0.1, 0.15) is 5.82 Å². The van der Waals surface area contributed by atoms with Crippen LogP contribution in [-0.4, -0.2) is 22.1 Å². The van der Waals surface area contributed by atoms with Gasteiger partial charge >= 0.3 is 6.01 Å². The van der Waals surface area contributed by atoms with Crippen molar-refractivity contribution in [2.24, 2.45) is 0 Å². The van der Waals surface area contributed by atoms with E-state index in [4.69, 9.17) is 10.5 Å². The van der Waals surface area contributed by atoms with Gasteiger partial charge in [-0.05, 0) is 30.5 Å². The number of hydrogen-bond donors (Lipinski definition) is 2. The Bertz CT molecular complexity index is 724. The summed E-state index contributed by atoms with van der Waals surface area (Å²) in [5.74, 6) is 0.798. The minimum atomic E-state index is 0.180. The number of nitrogens with two attached hydrogens (primary N) is 1. The van der Waals surface area contributed by atoms with Crippen molar-refractivity contribution in [3.63, 3.8) is 0 Å². The Morgan fingerprint density at radius 1 is 1.22 bits per heavy atom. The third kappa shape index (κ3) is 4.41. The van der Waals surface area contributed by atoms with Crippen LogP contribution in [0.25, 0.3) is 0 Å². The number of halogens is 1. The molecule has 0 bridgehead atoms. The fourth-order valence-electron chi connectivity index (χ4n) is 2.23. The second kappa shape index (κ2) is 6.95. The molecular formula is C16H18BrN5O. The average molecular weight is 376 g/mol. The molecule has 120 valence electrons. The van der Waals surface area contributed by atoms with Crippen LogP contribution in [0.15, 0.2) is 40.0 Å². The lowest BCUT2D eigenvalue weighted by Crippen LogP contribution is -2.17. The number of hydrogen-bond acceptors (Lipinski definition) is 6. The highest BCUT2D eigenvalue weighted by atomic mass is 79.9. The van der Waals surface area contributed by atoms with E-state index in [1.807, 2.05) is 12.1 Å². The Hall–Kier alpha value is -2.15. The number of methoxy groups -OCH3 is 1. The van der Waals surface area contributed by atoms with E-state index in [1.165, 1.54) is 23.9 Å². The van der Waals surface area contributed by atoms with Crippen LogP contribution in [0, 0.1) is 0 Å². The van der Waals surface area contributed by atoms with Gasteiger partial charge in [0.25, 0.3) is 0 Å². The van der Waals surface area contributed by atoms with Crippen molar-refractivity contribution in [1.82, 2.24) is 20.3 Å². The predicted octanol–water partition coefficient (Wildman–Crippen LogP) is 2.61. The summed E-state index contributed by atoms with van der Waals surface area (Å²) in [6.45, 7) is 0.768. The SMILES string of the molecule is COc1nc(N)nc(CC(NCc2ccc(Br)cc2)=C2CC2)n1. The van der Waals surface area contributed by atoms with E-state index >= 15 is 0 Å². The van der Waals surface area contributed by atoms with Crippen LogP contribution in [0.5, 0.6) is 6.01 Å².